The molecule has 2 aliphatic rings. The van der Waals surface area contributed by atoms with E-state index in [4.69, 9.17) is 4.42 Å². The van der Waals surface area contributed by atoms with Gasteiger partial charge in [0.2, 0.25) is 5.95 Å². The monoisotopic (exact) mass is 352 g/mol. The zero-order valence-corrected chi connectivity index (χ0v) is 14.4. The zero-order chi connectivity index (χ0) is 17.0. The van der Waals surface area contributed by atoms with Crippen molar-refractivity contribution >= 4 is 23.1 Å². The average molecular weight is 352 g/mol. The number of aromatic nitrogens is 3. The lowest BCUT2D eigenvalue weighted by molar-refractivity contribution is -0.116. The molecular formula is C18H16N4O2S. The number of fused-ring (bicyclic) bond motifs is 1. The summed E-state index contributed by atoms with van der Waals surface area (Å²) in [6.45, 7) is 1.87. The van der Waals surface area contributed by atoms with Gasteiger partial charge in [-0.1, -0.05) is 6.07 Å². The minimum Gasteiger partial charge on any atom is -0.469 e. The number of hydrogen-bond donors (Lipinski definition) is 1. The van der Waals surface area contributed by atoms with E-state index in [0.29, 0.717) is 18.2 Å². The number of anilines is 1. The molecule has 6 nitrogen and oxygen atoms in total. The van der Waals surface area contributed by atoms with Crippen molar-refractivity contribution in [3.05, 3.63) is 63.6 Å². The summed E-state index contributed by atoms with van der Waals surface area (Å²) < 4.78 is 7.38. The summed E-state index contributed by atoms with van der Waals surface area (Å²) in [5.41, 5.74) is 1.75. The molecule has 0 saturated carbocycles. The number of carbonyl (C=O) groups excluding carboxylic acids is 1. The Bertz CT molecular complexity index is 969. The van der Waals surface area contributed by atoms with Gasteiger partial charge in [0, 0.05) is 28.5 Å². The maximum Gasteiger partial charge on any atom is 0.226 e. The van der Waals surface area contributed by atoms with E-state index < -0.39 is 0 Å². The third kappa shape index (κ3) is 2.26. The lowest BCUT2D eigenvalue weighted by atomic mass is 9.81. The van der Waals surface area contributed by atoms with Gasteiger partial charge in [0.25, 0.3) is 0 Å². The largest absolute Gasteiger partial charge is 0.469 e. The van der Waals surface area contributed by atoms with E-state index in [1.807, 2.05) is 35.2 Å². The summed E-state index contributed by atoms with van der Waals surface area (Å²) in [4.78, 5) is 18.7. The third-order valence-corrected chi connectivity index (χ3v) is 5.71. The Kier molecular flexibility index (Phi) is 3.18. The van der Waals surface area contributed by atoms with Crippen LogP contribution in [0.2, 0.25) is 0 Å². The Balaban J connectivity index is 1.63. The number of nitrogens with zero attached hydrogens (tertiary/aromatic N) is 3. The smallest absolute Gasteiger partial charge is 0.226 e. The molecule has 0 bridgehead atoms. The van der Waals surface area contributed by atoms with Crippen molar-refractivity contribution in [2.75, 3.05) is 5.32 Å². The van der Waals surface area contributed by atoms with E-state index in [0.717, 1.165) is 28.3 Å². The lowest BCUT2D eigenvalue weighted by Crippen LogP contribution is -2.33. The summed E-state index contributed by atoms with van der Waals surface area (Å²) in [7, 11) is 0. The predicted molar refractivity (Wildman–Crippen MR) is 93.6 cm³/mol. The van der Waals surface area contributed by atoms with Crippen LogP contribution in [0.1, 0.15) is 41.3 Å². The quantitative estimate of drug-likeness (QED) is 0.762. The Hall–Kier alpha value is -2.67. The highest BCUT2D eigenvalue weighted by Gasteiger charge is 2.40. The van der Waals surface area contributed by atoms with Crippen LogP contribution in [0.15, 0.2) is 51.6 Å². The van der Waals surface area contributed by atoms with E-state index in [2.05, 4.69) is 21.5 Å². The van der Waals surface area contributed by atoms with Crippen LogP contribution in [0.5, 0.6) is 0 Å². The number of Topliss-reactive ketones (excluding diaryl/α,β-unsaturated/α-hetero) is 1. The summed E-state index contributed by atoms with van der Waals surface area (Å²) in [6, 6.07) is 7.67. The molecule has 1 aliphatic carbocycles. The molecule has 1 N–H and O–H groups in total. The minimum atomic E-state index is -0.197. The van der Waals surface area contributed by atoms with Gasteiger partial charge < -0.3 is 9.73 Å². The van der Waals surface area contributed by atoms with E-state index in [1.54, 1.807) is 17.6 Å². The Morgan fingerprint density at radius 3 is 3.00 bits per heavy atom. The molecule has 0 spiro atoms. The zero-order valence-electron chi connectivity index (χ0n) is 13.6. The third-order valence-electron chi connectivity index (χ3n) is 4.78. The van der Waals surface area contributed by atoms with Gasteiger partial charge in [-0.05, 0) is 36.9 Å². The van der Waals surface area contributed by atoms with Gasteiger partial charge in [-0.15, -0.1) is 11.3 Å². The second-order valence-corrected chi connectivity index (χ2v) is 7.39. The minimum absolute atomic E-state index is 0.0632. The van der Waals surface area contributed by atoms with Crippen LogP contribution < -0.4 is 5.32 Å². The second kappa shape index (κ2) is 5.42. The van der Waals surface area contributed by atoms with Gasteiger partial charge in [-0.3, -0.25) is 4.79 Å². The van der Waals surface area contributed by atoms with Crippen LogP contribution in [0.25, 0.3) is 0 Å². The maximum atomic E-state index is 13.1. The number of furan rings is 1. The van der Waals surface area contributed by atoms with Crippen LogP contribution in [0, 0.1) is 6.92 Å². The number of allylic oxidation sites excluding steroid dienone is 2. The molecule has 7 heteroatoms. The molecule has 4 heterocycles. The van der Waals surface area contributed by atoms with Crippen molar-refractivity contribution in [2.45, 2.75) is 31.7 Å². The molecule has 0 unspecified atom stereocenters. The van der Waals surface area contributed by atoms with Crippen LogP contribution in [-0.4, -0.2) is 20.5 Å². The molecule has 3 aromatic heterocycles. The first-order valence-electron chi connectivity index (χ1n) is 8.24. The Labute approximate surface area is 148 Å². The predicted octanol–water partition coefficient (Wildman–Crippen LogP) is 3.66. The fraction of sp³-hybridized carbons (Fsp3) is 0.278. The number of hydrogen-bond acceptors (Lipinski definition) is 6. The van der Waals surface area contributed by atoms with Crippen LogP contribution in [-0.2, 0) is 4.79 Å². The first kappa shape index (κ1) is 14.7. The molecule has 0 fully saturated rings. The highest BCUT2D eigenvalue weighted by Crippen LogP contribution is 2.44. The first-order chi connectivity index (χ1) is 12.2. The number of carbonyl (C=O) groups is 1. The SMILES string of the molecule is Cc1nc2n(n1)[C@H](c1cccs1)C1=C(C[C@@H](c3ccco3)CC1=O)N2. The van der Waals surface area contributed by atoms with Gasteiger partial charge in [0.15, 0.2) is 5.78 Å². The molecule has 0 amide bonds. The standard InChI is InChI=1S/C18H16N4O2S/c1-10-19-18-20-12-8-11(14-4-2-6-24-14)9-13(23)16(12)17(22(18)21-10)15-5-3-7-25-15/h2-7,11,17H,8-9H2,1H3,(H,19,20,21)/t11-,17-/m1/s1. The van der Waals surface area contributed by atoms with E-state index >= 15 is 0 Å². The molecule has 126 valence electrons. The van der Waals surface area contributed by atoms with Crippen molar-refractivity contribution < 1.29 is 9.21 Å². The number of nitrogens with one attached hydrogen (secondary N) is 1. The van der Waals surface area contributed by atoms with Gasteiger partial charge >= 0.3 is 0 Å². The van der Waals surface area contributed by atoms with Crippen molar-refractivity contribution in [1.82, 2.24) is 14.8 Å². The number of aryl methyl sites for hydroxylation is 1. The Morgan fingerprint density at radius 2 is 2.24 bits per heavy atom. The molecule has 0 aromatic carbocycles. The number of thiophene rings is 1. The van der Waals surface area contributed by atoms with Gasteiger partial charge in [-0.2, -0.15) is 10.1 Å². The highest BCUT2D eigenvalue weighted by atomic mass is 32.1. The molecule has 1 aliphatic heterocycles. The van der Waals surface area contributed by atoms with E-state index in [9.17, 15) is 4.79 Å². The van der Waals surface area contributed by atoms with Crippen molar-refractivity contribution in [2.24, 2.45) is 0 Å². The number of ketones is 1. The second-order valence-electron chi connectivity index (χ2n) is 6.41. The van der Waals surface area contributed by atoms with Gasteiger partial charge in [0.1, 0.15) is 17.6 Å². The Morgan fingerprint density at radius 1 is 1.32 bits per heavy atom. The van der Waals surface area contributed by atoms with Gasteiger partial charge in [-0.25, -0.2) is 4.68 Å². The molecule has 0 saturated heterocycles. The van der Waals surface area contributed by atoms with Gasteiger partial charge in [0.05, 0.1) is 6.26 Å². The normalized spacial score (nSPS) is 22.5. The molecule has 2 atom stereocenters. The van der Waals surface area contributed by atoms with Crippen LogP contribution in [0.3, 0.4) is 0 Å². The van der Waals surface area contributed by atoms with Crippen molar-refractivity contribution in [3.63, 3.8) is 0 Å². The fourth-order valence-electron chi connectivity index (χ4n) is 3.75. The number of rotatable bonds is 2. The van der Waals surface area contributed by atoms with Crippen LogP contribution in [0.4, 0.5) is 5.95 Å². The summed E-state index contributed by atoms with van der Waals surface area (Å²) in [5.74, 6) is 2.46. The molecule has 5 rings (SSSR count). The maximum absolute atomic E-state index is 13.1. The van der Waals surface area contributed by atoms with Crippen molar-refractivity contribution in [3.8, 4) is 0 Å². The highest BCUT2D eigenvalue weighted by molar-refractivity contribution is 7.10. The van der Waals surface area contributed by atoms with Crippen LogP contribution >= 0.6 is 11.3 Å². The molecular weight excluding hydrogens is 336 g/mol. The fourth-order valence-corrected chi connectivity index (χ4v) is 4.57. The topological polar surface area (TPSA) is 73.0 Å². The van der Waals surface area contributed by atoms with E-state index in [-0.39, 0.29) is 17.7 Å². The molecule has 25 heavy (non-hydrogen) atoms. The van der Waals surface area contributed by atoms with Crippen molar-refractivity contribution in [1.29, 1.82) is 0 Å². The summed E-state index contributed by atoms with van der Waals surface area (Å²) in [5, 5.41) is 9.90. The molecule has 0 radical (unpaired) electrons. The summed E-state index contributed by atoms with van der Waals surface area (Å²) >= 11 is 1.64. The average Bonchev–Trinajstić information content (AvgIpc) is 3.33. The summed E-state index contributed by atoms with van der Waals surface area (Å²) in [6.07, 6.45) is 2.85. The lowest BCUT2D eigenvalue weighted by Gasteiger charge is -2.33. The molecule has 3 aromatic rings. The first-order valence-corrected chi connectivity index (χ1v) is 9.12. The van der Waals surface area contributed by atoms with E-state index in [1.165, 1.54) is 0 Å².